The molecule has 0 atom stereocenters. The molecule has 1 aromatic carbocycles. The number of rotatable bonds is 6. The third kappa shape index (κ3) is 4.75. The van der Waals surface area contributed by atoms with Crippen LogP contribution in [0.5, 0.6) is 0 Å². The first-order valence-corrected chi connectivity index (χ1v) is 9.25. The van der Waals surface area contributed by atoms with Crippen molar-refractivity contribution in [2.45, 2.75) is 43.8 Å². The summed E-state index contributed by atoms with van der Waals surface area (Å²) < 4.78 is 0. The number of piperidine rings is 1. The Labute approximate surface area is 138 Å². The van der Waals surface area contributed by atoms with Crippen LogP contribution in [0.3, 0.4) is 0 Å². The number of carbonyl (C=O) groups is 1. The van der Waals surface area contributed by atoms with Crippen molar-refractivity contribution in [1.82, 2.24) is 10.2 Å². The van der Waals surface area contributed by atoms with E-state index < -0.39 is 0 Å². The summed E-state index contributed by atoms with van der Waals surface area (Å²) in [5, 5.41) is 3.90. The van der Waals surface area contributed by atoms with Crippen LogP contribution in [0.4, 0.5) is 0 Å². The van der Waals surface area contributed by atoms with E-state index in [1.165, 1.54) is 0 Å². The lowest BCUT2D eigenvalue weighted by molar-refractivity contribution is 0.0687. The van der Waals surface area contributed by atoms with Crippen LogP contribution >= 0.6 is 11.8 Å². The van der Waals surface area contributed by atoms with Gasteiger partial charge in [-0.3, -0.25) is 4.79 Å². The molecule has 0 radical (unpaired) electrons. The van der Waals surface area contributed by atoms with Crippen LogP contribution in [0, 0.1) is 5.92 Å². The number of thioether (sulfide) groups is 1. The van der Waals surface area contributed by atoms with Gasteiger partial charge in [0.25, 0.3) is 5.91 Å². The van der Waals surface area contributed by atoms with Gasteiger partial charge in [0.05, 0.1) is 5.56 Å². The zero-order chi connectivity index (χ0) is 15.9. The Morgan fingerprint density at radius 2 is 2.00 bits per heavy atom. The first-order chi connectivity index (χ1) is 10.6. The fourth-order valence-electron chi connectivity index (χ4n) is 2.86. The normalized spacial score (nSPS) is 16.3. The molecule has 1 saturated heterocycles. The molecule has 1 heterocycles. The first kappa shape index (κ1) is 17.4. The van der Waals surface area contributed by atoms with E-state index in [9.17, 15) is 4.79 Å². The lowest BCUT2D eigenvalue weighted by Crippen LogP contribution is -2.41. The molecule has 1 amide bonds. The molecule has 1 aromatic rings. The lowest BCUT2D eigenvalue weighted by Gasteiger charge is -2.32. The van der Waals surface area contributed by atoms with Crippen molar-refractivity contribution in [1.29, 1.82) is 0 Å². The average molecular weight is 321 g/mol. The summed E-state index contributed by atoms with van der Waals surface area (Å²) in [7, 11) is 0. The summed E-state index contributed by atoms with van der Waals surface area (Å²) in [6, 6.07) is 8.02. The van der Waals surface area contributed by atoms with Crippen molar-refractivity contribution in [3.8, 4) is 0 Å². The minimum Gasteiger partial charge on any atom is -0.339 e. The smallest absolute Gasteiger partial charge is 0.254 e. The maximum absolute atomic E-state index is 12.8. The molecule has 22 heavy (non-hydrogen) atoms. The Hall–Kier alpha value is -1.00. The Morgan fingerprint density at radius 3 is 2.64 bits per heavy atom. The van der Waals surface area contributed by atoms with Crippen molar-refractivity contribution >= 4 is 17.7 Å². The Morgan fingerprint density at radius 1 is 1.32 bits per heavy atom. The Balaban J connectivity index is 1.98. The van der Waals surface area contributed by atoms with E-state index in [1.54, 1.807) is 11.8 Å². The average Bonchev–Trinajstić information content (AvgIpc) is 2.53. The van der Waals surface area contributed by atoms with Gasteiger partial charge in [-0.1, -0.05) is 32.9 Å². The predicted molar refractivity (Wildman–Crippen MR) is 94.6 cm³/mol. The van der Waals surface area contributed by atoms with E-state index in [4.69, 9.17) is 0 Å². The highest BCUT2D eigenvalue weighted by Crippen LogP contribution is 2.28. The maximum Gasteiger partial charge on any atom is 0.254 e. The van der Waals surface area contributed by atoms with Gasteiger partial charge in [0.1, 0.15) is 0 Å². The highest BCUT2D eigenvalue weighted by Gasteiger charge is 2.24. The van der Waals surface area contributed by atoms with E-state index in [-0.39, 0.29) is 5.91 Å². The second-order valence-electron chi connectivity index (χ2n) is 6.21. The summed E-state index contributed by atoms with van der Waals surface area (Å²) in [5.41, 5.74) is 0.867. The van der Waals surface area contributed by atoms with E-state index in [1.807, 2.05) is 23.1 Å². The van der Waals surface area contributed by atoms with Gasteiger partial charge < -0.3 is 10.2 Å². The number of benzene rings is 1. The Bertz CT molecular complexity index is 482. The van der Waals surface area contributed by atoms with Crippen LogP contribution in [0.2, 0.25) is 0 Å². The molecule has 4 heteroatoms. The first-order valence-electron chi connectivity index (χ1n) is 8.37. The van der Waals surface area contributed by atoms with Crippen molar-refractivity contribution < 1.29 is 4.79 Å². The molecule has 3 nitrogen and oxygen atoms in total. The molecule has 0 aromatic heterocycles. The van der Waals surface area contributed by atoms with E-state index in [0.29, 0.717) is 11.2 Å². The van der Waals surface area contributed by atoms with Gasteiger partial charge in [0, 0.05) is 23.2 Å². The second-order valence-corrected chi connectivity index (χ2v) is 7.82. The largest absolute Gasteiger partial charge is 0.339 e. The number of hydrogen-bond acceptors (Lipinski definition) is 3. The quantitative estimate of drug-likeness (QED) is 0.812. The van der Waals surface area contributed by atoms with Gasteiger partial charge in [-0.05, 0) is 44.0 Å². The molecule has 1 fully saturated rings. The van der Waals surface area contributed by atoms with Crippen LogP contribution in [-0.4, -0.2) is 42.2 Å². The van der Waals surface area contributed by atoms with Crippen molar-refractivity contribution in [2.24, 2.45) is 5.92 Å². The molecule has 122 valence electrons. The molecule has 1 N–H and O–H groups in total. The standard InChI is InChI=1S/C18H28N2OS/c1-4-19-13-15-9-11-20(12-10-15)18(21)16-7-5-6-8-17(16)22-14(2)3/h5-8,14-15,19H,4,9-13H2,1-3H3. The second kappa shape index (κ2) is 8.59. The number of nitrogens with one attached hydrogen (secondary N) is 1. The minimum absolute atomic E-state index is 0.200. The SMILES string of the molecule is CCNCC1CCN(C(=O)c2ccccc2SC(C)C)CC1. The third-order valence-corrected chi connectivity index (χ3v) is 5.15. The van der Waals surface area contributed by atoms with Gasteiger partial charge in [0.15, 0.2) is 0 Å². The number of hydrogen-bond donors (Lipinski definition) is 1. The molecule has 0 unspecified atom stereocenters. The van der Waals surface area contributed by atoms with Crippen molar-refractivity contribution in [3.63, 3.8) is 0 Å². The van der Waals surface area contributed by atoms with Crippen LogP contribution < -0.4 is 5.32 Å². The summed E-state index contributed by atoms with van der Waals surface area (Å²) >= 11 is 1.77. The maximum atomic E-state index is 12.8. The molecule has 2 rings (SSSR count). The molecule has 0 saturated carbocycles. The third-order valence-electron chi connectivity index (χ3n) is 4.06. The Kier molecular flexibility index (Phi) is 6.77. The highest BCUT2D eigenvalue weighted by molar-refractivity contribution is 8.00. The van der Waals surface area contributed by atoms with Crippen LogP contribution in [-0.2, 0) is 0 Å². The summed E-state index contributed by atoms with van der Waals surface area (Å²) in [5.74, 6) is 0.912. The molecule has 1 aliphatic rings. The number of carbonyl (C=O) groups excluding carboxylic acids is 1. The molecule has 0 aliphatic carbocycles. The predicted octanol–water partition coefficient (Wildman–Crippen LogP) is 3.65. The number of amides is 1. The van der Waals surface area contributed by atoms with Crippen LogP contribution in [0.25, 0.3) is 0 Å². The summed E-state index contributed by atoms with van der Waals surface area (Å²) in [6.07, 6.45) is 2.22. The van der Waals surface area contributed by atoms with Gasteiger partial charge in [0.2, 0.25) is 0 Å². The topological polar surface area (TPSA) is 32.3 Å². The summed E-state index contributed by atoms with van der Waals surface area (Å²) in [6.45, 7) is 10.3. The minimum atomic E-state index is 0.200. The van der Waals surface area contributed by atoms with E-state index >= 15 is 0 Å². The van der Waals surface area contributed by atoms with Gasteiger partial charge in [-0.25, -0.2) is 0 Å². The highest BCUT2D eigenvalue weighted by atomic mass is 32.2. The molecule has 1 aliphatic heterocycles. The van der Waals surface area contributed by atoms with Gasteiger partial charge in [-0.15, -0.1) is 11.8 Å². The van der Waals surface area contributed by atoms with Gasteiger partial charge >= 0.3 is 0 Å². The fourth-order valence-corrected chi connectivity index (χ4v) is 3.81. The monoisotopic (exact) mass is 320 g/mol. The molecule has 0 spiro atoms. The van der Waals surface area contributed by atoms with Crippen molar-refractivity contribution in [2.75, 3.05) is 26.2 Å². The van der Waals surface area contributed by atoms with Crippen LogP contribution in [0.1, 0.15) is 44.0 Å². The lowest BCUT2D eigenvalue weighted by atomic mass is 9.96. The fraction of sp³-hybridized carbons (Fsp3) is 0.611. The van der Waals surface area contributed by atoms with E-state index in [0.717, 1.165) is 49.5 Å². The van der Waals surface area contributed by atoms with Crippen molar-refractivity contribution in [3.05, 3.63) is 29.8 Å². The zero-order valence-corrected chi connectivity index (χ0v) is 14.8. The number of likely N-dealkylation sites (tertiary alicyclic amines) is 1. The summed E-state index contributed by atoms with van der Waals surface area (Å²) in [4.78, 5) is 16.0. The van der Waals surface area contributed by atoms with E-state index in [2.05, 4.69) is 32.2 Å². The number of nitrogens with zero attached hydrogens (tertiary/aromatic N) is 1. The molecule has 0 bridgehead atoms. The van der Waals surface area contributed by atoms with Gasteiger partial charge in [-0.2, -0.15) is 0 Å². The zero-order valence-electron chi connectivity index (χ0n) is 14.0. The van der Waals surface area contributed by atoms with Crippen LogP contribution in [0.15, 0.2) is 29.2 Å². The molecular formula is C18H28N2OS. The molecular weight excluding hydrogens is 292 g/mol.